The van der Waals surface area contributed by atoms with E-state index >= 15 is 0 Å². The van der Waals surface area contributed by atoms with Crippen LogP contribution in [0, 0.1) is 12.7 Å². The van der Waals surface area contributed by atoms with Crippen molar-refractivity contribution in [3.8, 4) is 0 Å². The molecular formula is C18H16ClFN2O4S3. The molecule has 0 saturated carbocycles. The van der Waals surface area contributed by atoms with Crippen LogP contribution in [0.4, 0.5) is 10.1 Å². The Morgan fingerprint density at radius 2 is 1.76 bits per heavy atom. The second-order valence-corrected chi connectivity index (χ2v) is 11.5. The number of hydrogen-bond donors (Lipinski definition) is 0. The molecule has 6 nitrogen and oxygen atoms in total. The first-order valence-corrected chi connectivity index (χ1v) is 12.8. The van der Waals surface area contributed by atoms with Crippen molar-refractivity contribution in [2.24, 2.45) is 0 Å². The molecule has 3 rings (SSSR count). The van der Waals surface area contributed by atoms with Crippen molar-refractivity contribution in [1.29, 1.82) is 0 Å². The van der Waals surface area contributed by atoms with Gasteiger partial charge in [-0.3, -0.25) is 4.31 Å². The zero-order valence-electron chi connectivity index (χ0n) is 15.3. The van der Waals surface area contributed by atoms with E-state index in [1.165, 1.54) is 35.6 Å². The van der Waals surface area contributed by atoms with Gasteiger partial charge in [-0.25, -0.2) is 26.2 Å². The first-order chi connectivity index (χ1) is 13.5. The predicted octanol–water partition coefficient (Wildman–Crippen LogP) is 4.04. The maximum absolute atomic E-state index is 13.5. The molecule has 0 saturated heterocycles. The summed E-state index contributed by atoms with van der Waals surface area (Å²) < 4.78 is 65.1. The van der Waals surface area contributed by atoms with Crippen molar-refractivity contribution in [3.63, 3.8) is 0 Å². The highest BCUT2D eigenvalue weighted by molar-refractivity contribution is 7.93. The molecular weight excluding hydrogens is 459 g/mol. The highest BCUT2D eigenvalue weighted by atomic mass is 35.5. The summed E-state index contributed by atoms with van der Waals surface area (Å²) in [5, 5.41) is 2.35. The number of hydrogen-bond acceptors (Lipinski definition) is 6. The van der Waals surface area contributed by atoms with Crippen LogP contribution < -0.4 is 4.31 Å². The van der Waals surface area contributed by atoms with Crippen molar-refractivity contribution in [1.82, 2.24) is 4.98 Å². The third-order valence-electron chi connectivity index (χ3n) is 3.99. The molecule has 29 heavy (non-hydrogen) atoms. The Labute approximate surface area is 177 Å². The predicted molar refractivity (Wildman–Crippen MR) is 111 cm³/mol. The lowest BCUT2D eigenvalue weighted by Gasteiger charge is -2.24. The summed E-state index contributed by atoms with van der Waals surface area (Å²) >= 11 is 7.48. The van der Waals surface area contributed by atoms with Gasteiger partial charge in [0.15, 0.2) is 9.84 Å². The molecule has 11 heteroatoms. The number of aromatic nitrogens is 1. The molecule has 0 atom stereocenters. The van der Waals surface area contributed by atoms with E-state index in [-0.39, 0.29) is 27.0 Å². The Hall–Kier alpha value is -2.01. The van der Waals surface area contributed by atoms with E-state index in [0.29, 0.717) is 5.69 Å². The average molecular weight is 475 g/mol. The van der Waals surface area contributed by atoms with Gasteiger partial charge in [0.1, 0.15) is 10.7 Å². The molecule has 0 bridgehead atoms. The molecule has 3 aromatic rings. The molecule has 0 aliphatic carbocycles. The van der Waals surface area contributed by atoms with E-state index in [0.717, 1.165) is 33.8 Å². The van der Waals surface area contributed by atoms with E-state index in [4.69, 9.17) is 11.6 Å². The van der Waals surface area contributed by atoms with Gasteiger partial charge in [-0.1, -0.05) is 11.6 Å². The molecule has 0 unspecified atom stereocenters. The van der Waals surface area contributed by atoms with Crippen LogP contribution >= 0.6 is 22.9 Å². The van der Waals surface area contributed by atoms with Gasteiger partial charge in [-0.15, -0.1) is 11.3 Å². The molecule has 0 aliphatic rings. The lowest BCUT2D eigenvalue weighted by molar-refractivity contribution is 0.589. The van der Waals surface area contributed by atoms with Crippen molar-refractivity contribution >= 4 is 48.5 Å². The van der Waals surface area contributed by atoms with Gasteiger partial charge in [0.2, 0.25) is 0 Å². The number of aryl methyl sites for hydroxylation is 1. The van der Waals surface area contributed by atoms with Crippen LogP contribution in [0.2, 0.25) is 5.02 Å². The van der Waals surface area contributed by atoms with Gasteiger partial charge >= 0.3 is 0 Å². The molecule has 0 spiro atoms. The Morgan fingerprint density at radius 3 is 2.31 bits per heavy atom. The summed E-state index contributed by atoms with van der Waals surface area (Å²) in [5.74, 6) is -0.521. The molecule has 0 radical (unpaired) electrons. The van der Waals surface area contributed by atoms with Crippen LogP contribution in [0.5, 0.6) is 0 Å². The maximum atomic E-state index is 13.5. The fourth-order valence-corrected chi connectivity index (χ4v) is 5.85. The molecule has 0 amide bonds. The molecule has 0 fully saturated rings. The van der Waals surface area contributed by atoms with Crippen LogP contribution in [0.3, 0.4) is 0 Å². The number of sulfonamides is 1. The van der Waals surface area contributed by atoms with Crippen molar-refractivity contribution in [3.05, 3.63) is 69.4 Å². The van der Waals surface area contributed by atoms with Crippen LogP contribution in [0.15, 0.2) is 57.6 Å². The van der Waals surface area contributed by atoms with Crippen LogP contribution in [-0.2, 0) is 26.4 Å². The Bertz CT molecular complexity index is 1260. The van der Waals surface area contributed by atoms with E-state index in [9.17, 15) is 21.2 Å². The number of sulfone groups is 1. The number of anilines is 1. The third kappa shape index (κ3) is 4.77. The second kappa shape index (κ2) is 8.02. The number of halogens is 2. The Balaban J connectivity index is 2.17. The molecule has 2 aromatic carbocycles. The summed E-state index contributed by atoms with van der Waals surface area (Å²) in [6.07, 6.45) is 0.975. The first-order valence-electron chi connectivity index (χ1n) is 8.17. The minimum absolute atomic E-state index is 0.126. The van der Waals surface area contributed by atoms with Gasteiger partial charge in [0.05, 0.1) is 32.9 Å². The highest BCUT2D eigenvalue weighted by Crippen LogP contribution is 2.32. The fourth-order valence-electron chi connectivity index (χ4n) is 2.58. The number of thiazole rings is 1. The lowest BCUT2D eigenvalue weighted by atomic mass is 10.3. The maximum Gasteiger partial charge on any atom is 0.266 e. The van der Waals surface area contributed by atoms with Gasteiger partial charge < -0.3 is 0 Å². The van der Waals surface area contributed by atoms with Gasteiger partial charge in [-0.05, 0) is 49.4 Å². The number of rotatable bonds is 6. The topological polar surface area (TPSA) is 84.4 Å². The third-order valence-corrected chi connectivity index (χ3v) is 8.17. The minimum atomic E-state index is -4.29. The molecule has 0 aliphatic heterocycles. The van der Waals surface area contributed by atoms with Crippen LogP contribution in [0.1, 0.15) is 10.7 Å². The molecule has 1 aromatic heterocycles. The zero-order valence-corrected chi connectivity index (χ0v) is 18.5. The average Bonchev–Trinajstić information content (AvgIpc) is 3.05. The first kappa shape index (κ1) is 21.7. The van der Waals surface area contributed by atoms with E-state index < -0.39 is 25.7 Å². The molecule has 0 N–H and O–H groups in total. The van der Waals surface area contributed by atoms with Crippen molar-refractivity contribution < 1.29 is 21.2 Å². The molecule has 1 heterocycles. The fraction of sp³-hybridized carbons (Fsp3) is 0.167. The van der Waals surface area contributed by atoms with Gasteiger partial charge in [0.25, 0.3) is 10.0 Å². The van der Waals surface area contributed by atoms with Gasteiger partial charge in [0, 0.05) is 11.6 Å². The summed E-state index contributed by atoms with van der Waals surface area (Å²) in [7, 11) is -7.95. The van der Waals surface area contributed by atoms with Gasteiger partial charge in [-0.2, -0.15) is 0 Å². The van der Waals surface area contributed by atoms with Crippen molar-refractivity contribution in [2.45, 2.75) is 23.3 Å². The minimum Gasteiger partial charge on any atom is -0.260 e. The summed E-state index contributed by atoms with van der Waals surface area (Å²) in [5.41, 5.74) is 0.689. The van der Waals surface area contributed by atoms with E-state index in [1.807, 2.05) is 0 Å². The monoisotopic (exact) mass is 474 g/mol. The normalized spacial score (nSPS) is 12.1. The Kier molecular flexibility index (Phi) is 6.00. The zero-order chi connectivity index (χ0) is 21.4. The Morgan fingerprint density at radius 1 is 1.10 bits per heavy atom. The quantitative estimate of drug-likeness (QED) is 0.538. The summed E-state index contributed by atoms with van der Waals surface area (Å²) in [6, 6.07) is 8.40. The second-order valence-electron chi connectivity index (χ2n) is 6.21. The lowest BCUT2D eigenvalue weighted by Crippen LogP contribution is -2.31. The molecule has 154 valence electrons. The van der Waals surface area contributed by atoms with Crippen LogP contribution in [0.25, 0.3) is 0 Å². The highest BCUT2D eigenvalue weighted by Gasteiger charge is 2.29. The smallest absolute Gasteiger partial charge is 0.260 e. The largest absolute Gasteiger partial charge is 0.266 e. The van der Waals surface area contributed by atoms with Crippen molar-refractivity contribution in [2.75, 3.05) is 10.6 Å². The van der Waals surface area contributed by atoms with E-state index in [2.05, 4.69) is 4.98 Å². The summed E-state index contributed by atoms with van der Waals surface area (Å²) in [6.45, 7) is 1.66. The standard InChI is InChI=1S/C18H16ClFN2O4S3/c1-12-21-14(11-27-12)10-22(15-5-3-13(20)4-6-15)29(25,26)18-9-16(28(2,23)24)7-8-17(18)19/h3-9,11H,10H2,1-2H3. The summed E-state index contributed by atoms with van der Waals surface area (Å²) in [4.78, 5) is 3.75. The number of nitrogens with zero attached hydrogens (tertiary/aromatic N) is 2. The van der Waals surface area contributed by atoms with Crippen LogP contribution in [-0.4, -0.2) is 28.1 Å². The van der Waals surface area contributed by atoms with E-state index in [1.54, 1.807) is 12.3 Å². The SMILES string of the molecule is Cc1nc(CN(c2ccc(F)cc2)S(=O)(=O)c2cc(S(C)(=O)=O)ccc2Cl)cs1. The number of benzene rings is 2.